The number of aromatic nitrogens is 1. The number of aliphatic hydroxyl groups is 1. The molecular formula is C11H14N2O. The first-order valence-corrected chi connectivity index (χ1v) is 4.68. The zero-order valence-electron chi connectivity index (χ0n) is 8.20. The minimum atomic E-state index is 0.150. The van der Waals surface area contributed by atoms with Gasteiger partial charge in [0.2, 0.25) is 0 Å². The van der Waals surface area contributed by atoms with Gasteiger partial charge < -0.3 is 15.4 Å². The summed E-state index contributed by atoms with van der Waals surface area (Å²) in [6.07, 6.45) is 1.97. The summed E-state index contributed by atoms with van der Waals surface area (Å²) in [7, 11) is 0. The maximum Gasteiger partial charge on any atom is 0.0610 e. The van der Waals surface area contributed by atoms with E-state index >= 15 is 0 Å². The summed E-state index contributed by atoms with van der Waals surface area (Å²) in [5.74, 6) is 0. The Morgan fingerprint density at radius 3 is 2.93 bits per heavy atom. The predicted molar refractivity (Wildman–Crippen MR) is 58.2 cm³/mol. The van der Waals surface area contributed by atoms with Crippen LogP contribution in [0, 0.1) is 6.92 Å². The number of fused-ring (bicyclic) bond motifs is 1. The quantitative estimate of drug-likeness (QED) is 0.705. The molecule has 0 saturated carbocycles. The van der Waals surface area contributed by atoms with E-state index < -0.39 is 0 Å². The number of rotatable bonds is 2. The van der Waals surface area contributed by atoms with Crippen molar-refractivity contribution in [2.45, 2.75) is 13.5 Å². The molecule has 0 aliphatic carbocycles. The highest BCUT2D eigenvalue weighted by Crippen LogP contribution is 2.22. The monoisotopic (exact) mass is 190 g/mol. The second-order valence-electron chi connectivity index (χ2n) is 3.50. The molecule has 0 amide bonds. The number of nitrogen functional groups attached to an aromatic ring is 1. The topological polar surface area (TPSA) is 51.2 Å². The van der Waals surface area contributed by atoms with Gasteiger partial charge in [-0.15, -0.1) is 0 Å². The fourth-order valence-electron chi connectivity index (χ4n) is 1.67. The van der Waals surface area contributed by atoms with Crippen molar-refractivity contribution in [2.75, 3.05) is 12.3 Å². The van der Waals surface area contributed by atoms with Crippen molar-refractivity contribution in [1.29, 1.82) is 0 Å². The molecule has 2 aromatic rings. The first-order valence-electron chi connectivity index (χ1n) is 4.68. The van der Waals surface area contributed by atoms with Crippen LogP contribution in [0.15, 0.2) is 24.4 Å². The number of aliphatic hydroxyl groups excluding tert-OH is 1. The molecule has 74 valence electrons. The highest BCUT2D eigenvalue weighted by molar-refractivity contribution is 5.84. The average molecular weight is 190 g/mol. The molecule has 2 rings (SSSR count). The lowest BCUT2D eigenvalue weighted by Crippen LogP contribution is -2.00. The number of hydrogen-bond acceptors (Lipinski definition) is 2. The third-order valence-electron chi connectivity index (χ3n) is 2.50. The van der Waals surface area contributed by atoms with Crippen LogP contribution < -0.4 is 5.73 Å². The van der Waals surface area contributed by atoms with E-state index in [1.807, 2.05) is 29.8 Å². The van der Waals surface area contributed by atoms with Crippen LogP contribution in [0.1, 0.15) is 5.56 Å². The third-order valence-corrected chi connectivity index (χ3v) is 2.50. The Hall–Kier alpha value is -1.48. The maximum atomic E-state index is 8.87. The summed E-state index contributed by atoms with van der Waals surface area (Å²) in [5.41, 5.74) is 8.82. The van der Waals surface area contributed by atoms with E-state index in [9.17, 15) is 0 Å². The molecule has 0 aliphatic rings. The molecule has 3 heteroatoms. The molecule has 0 atom stereocenters. The minimum Gasteiger partial charge on any atom is -0.398 e. The predicted octanol–water partition coefficient (Wildman–Crippen LogP) is 1.52. The van der Waals surface area contributed by atoms with Crippen LogP contribution in [0.25, 0.3) is 10.9 Å². The SMILES string of the molecule is Cc1cc2ccn(CCO)c2cc1N. The van der Waals surface area contributed by atoms with Crippen LogP contribution in [0.4, 0.5) is 5.69 Å². The first kappa shape index (κ1) is 9.09. The van der Waals surface area contributed by atoms with Gasteiger partial charge in [-0.1, -0.05) is 0 Å². The van der Waals surface area contributed by atoms with E-state index in [0.29, 0.717) is 6.54 Å². The fourth-order valence-corrected chi connectivity index (χ4v) is 1.67. The summed E-state index contributed by atoms with van der Waals surface area (Å²) >= 11 is 0. The second-order valence-corrected chi connectivity index (χ2v) is 3.50. The smallest absolute Gasteiger partial charge is 0.0610 e. The molecule has 0 spiro atoms. The summed E-state index contributed by atoms with van der Waals surface area (Å²) in [4.78, 5) is 0. The van der Waals surface area contributed by atoms with Gasteiger partial charge in [-0.2, -0.15) is 0 Å². The van der Waals surface area contributed by atoms with Crippen molar-refractivity contribution in [1.82, 2.24) is 4.57 Å². The minimum absolute atomic E-state index is 0.150. The van der Waals surface area contributed by atoms with Gasteiger partial charge in [0.1, 0.15) is 0 Å². The van der Waals surface area contributed by atoms with E-state index in [4.69, 9.17) is 10.8 Å². The molecule has 1 aromatic carbocycles. The lowest BCUT2D eigenvalue weighted by atomic mass is 10.1. The van der Waals surface area contributed by atoms with Crippen LogP contribution >= 0.6 is 0 Å². The van der Waals surface area contributed by atoms with E-state index in [-0.39, 0.29) is 6.61 Å². The molecule has 0 fully saturated rings. The lowest BCUT2D eigenvalue weighted by Gasteiger charge is -2.04. The van der Waals surface area contributed by atoms with Crippen LogP contribution in [-0.4, -0.2) is 16.3 Å². The number of aryl methyl sites for hydroxylation is 1. The largest absolute Gasteiger partial charge is 0.398 e. The lowest BCUT2D eigenvalue weighted by molar-refractivity contribution is 0.278. The zero-order valence-corrected chi connectivity index (χ0v) is 8.20. The van der Waals surface area contributed by atoms with E-state index in [1.54, 1.807) is 0 Å². The number of benzene rings is 1. The standard InChI is InChI=1S/C11H14N2O/c1-8-6-9-2-3-13(4-5-14)11(9)7-10(8)12/h2-3,6-7,14H,4-5,12H2,1H3. The Morgan fingerprint density at radius 1 is 1.43 bits per heavy atom. The van der Waals surface area contributed by atoms with Crippen molar-refractivity contribution >= 4 is 16.6 Å². The highest BCUT2D eigenvalue weighted by atomic mass is 16.3. The van der Waals surface area contributed by atoms with Crippen LogP contribution in [0.2, 0.25) is 0 Å². The molecule has 0 radical (unpaired) electrons. The Labute approximate surface area is 82.8 Å². The Bertz CT molecular complexity index is 460. The van der Waals surface area contributed by atoms with Gasteiger partial charge in [-0.05, 0) is 36.1 Å². The summed E-state index contributed by atoms with van der Waals surface area (Å²) in [6, 6.07) is 6.07. The second kappa shape index (κ2) is 3.35. The molecule has 1 aromatic heterocycles. The van der Waals surface area contributed by atoms with Crippen molar-refractivity contribution in [3.8, 4) is 0 Å². The Kier molecular flexibility index (Phi) is 2.17. The molecule has 1 heterocycles. The fraction of sp³-hybridized carbons (Fsp3) is 0.273. The van der Waals surface area contributed by atoms with Crippen molar-refractivity contribution < 1.29 is 5.11 Å². The van der Waals surface area contributed by atoms with Crippen molar-refractivity contribution in [3.05, 3.63) is 30.0 Å². The third kappa shape index (κ3) is 1.36. The zero-order chi connectivity index (χ0) is 10.1. The normalized spacial score (nSPS) is 11.0. The number of nitrogens with zero attached hydrogens (tertiary/aromatic N) is 1. The van der Waals surface area contributed by atoms with Gasteiger partial charge >= 0.3 is 0 Å². The molecule has 0 aliphatic heterocycles. The summed E-state index contributed by atoms with van der Waals surface area (Å²) in [5, 5.41) is 10.0. The Morgan fingerprint density at radius 2 is 2.21 bits per heavy atom. The Balaban J connectivity index is 2.61. The van der Waals surface area contributed by atoms with Crippen LogP contribution in [-0.2, 0) is 6.54 Å². The number of hydrogen-bond donors (Lipinski definition) is 2. The molecule has 14 heavy (non-hydrogen) atoms. The maximum absolute atomic E-state index is 8.87. The van der Waals surface area contributed by atoms with E-state index in [2.05, 4.69) is 6.07 Å². The average Bonchev–Trinajstić information content (AvgIpc) is 2.51. The van der Waals surface area contributed by atoms with Crippen molar-refractivity contribution in [2.24, 2.45) is 0 Å². The van der Waals surface area contributed by atoms with Crippen LogP contribution in [0.5, 0.6) is 0 Å². The van der Waals surface area contributed by atoms with Gasteiger partial charge in [0.05, 0.1) is 12.1 Å². The molecule has 3 N–H and O–H groups in total. The van der Waals surface area contributed by atoms with Crippen LogP contribution in [0.3, 0.4) is 0 Å². The summed E-state index contributed by atoms with van der Waals surface area (Å²) < 4.78 is 2.01. The molecule has 0 bridgehead atoms. The van der Waals surface area contributed by atoms with Gasteiger partial charge in [0.15, 0.2) is 0 Å². The van der Waals surface area contributed by atoms with E-state index in [0.717, 1.165) is 16.8 Å². The van der Waals surface area contributed by atoms with Gasteiger partial charge in [0.25, 0.3) is 0 Å². The molecule has 0 unspecified atom stereocenters. The molecule has 3 nitrogen and oxygen atoms in total. The van der Waals surface area contributed by atoms with Gasteiger partial charge in [0, 0.05) is 18.4 Å². The first-order chi connectivity index (χ1) is 6.72. The van der Waals surface area contributed by atoms with Gasteiger partial charge in [-0.25, -0.2) is 0 Å². The number of anilines is 1. The van der Waals surface area contributed by atoms with E-state index in [1.165, 1.54) is 5.39 Å². The highest BCUT2D eigenvalue weighted by Gasteiger charge is 2.02. The number of nitrogens with two attached hydrogens (primary N) is 1. The van der Waals surface area contributed by atoms with Crippen molar-refractivity contribution in [3.63, 3.8) is 0 Å². The molecular weight excluding hydrogens is 176 g/mol. The van der Waals surface area contributed by atoms with Gasteiger partial charge in [-0.3, -0.25) is 0 Å². The summed E-state index contributed by atoms with van der Waals surface area (Å²) in [6.45, 7) is 2.77. The molecule has 0 saturated heterocycles.